The van der Waals surface area contributed by atoms with Crippen LogP contribution in [-0.2, 0) is 0 Å². The van der Waals surface area contributed by atoms with E-state index in [2.05, 4.69) is 5.32 Å². The van der Waals surface area contributed by atoms with Crippen molar-refractivity contribution in [2.75, 3.05) is 13.6 Å². The first-order valence-electron chi connectivity index (χ1n) is 4.17. The van der Waals surface area contributed by atoms with Gasteiger partial charge in [0.05, 0.1) is 0 Å². The van der Waals surface area contributed by atoms with E-state index < -0.39 is 0 Å². The van der Waals surface area contributed by atoms with Crippen LogP contribution in [0.5, 0.6) is 0 Å². The molecule has 10 heavy (non-hydrogen) atoms. The summed E-state index contributed by atoms with van der Waals surface area (Å²) in [5.41, 5.74) is 5.51. The summed E-state index contributed by atoms with van der Waals surface area (Å²) >= 11 is 0. The molecule has 0 heterocycles. The Kier molecular flexibility index (Phi) is 14.7. The lowest BCUT2D eigenvalue weighted by atomic mass is 10.2. The maximum atomic E-state index is 5.51. The first-order valence-corrected chi connectivity index (χ1v) is 4.17. The van der Waals surface area contributed by atoms with Crippen LogP contribution >= 0.6 is 0 Å². The minimum atomic E-state index is 0.364. The van der Waals surface area contributed by atoms with E-state index in [9.17, 15) is 0 Å². The molecule has 0 aliphatic carbocycles. The first kappa shape index (κ1) is 12.6. The normalized spacial score (nSPS) is 11.7. The molecule has 1 atom stereocenters. The Morgan fingerprint density at radius 2 is 1.90 bits per heavy atom. The van der Waals surface area contributed by atoms with Crippen LogP contribution in [0, 0.1) is 0 Å². The molecule has 0 spiro atoms. The van der Waals surface area contributed by atoms with Crippen LogP contribution < -0.4 is 11.1 Å². The van der Waals surface area contributed by atoms with Gasteiger partial charge in [0.2, 0.25) is 0 Å². The van der Waals surface area contributed by atoms with E-state index in [1.54, 1.807) is 0 Å². The van der Waals surface area contributed by atoms with Gasteiger partial charge in [-0.1, -0.05) is 13.8 Å². The van der Waals surface area contributed by atoms with Gasteiger partial charge in [-0.05, 0) is 33.4 Å². The van der Waals surface area contributed by atoms with E-state index >= 15 is 0 Å². The third-order valence-electron chi connectivity index (χ3n) is 1.09. The van der Waals surface area contributed by atoms with Crippen molar-refractivity contribution >= 4 is 0 Å². The van der Waals surface area contributed by atoms with Crippen molar-refractivity contribution in [3.05, 3.63) is 0 Å². The van der Waals surface area contributed by atoms with Gasteiger partial charge in [-0.3, -0.25) is 0 Å². The second kappa shape index (κ2) is 11.7. The van der Waals surface area contributed by atoms with Crippen LogP contribution in [0.4, 0.5) is 0 Å². The Balaban J connectivity index is 0. The number of nitrogens with two attached hydrogens (primary N) is 1. The second-order valence-electron chi connectivity index (χ2n) is 2.22. The molecule has 0 saturated heterocycles. The van der Waals surface area contributed by atoms with Crippen molar-refractivity contribution in [1.82, 2.24) is 5.32 Å². The highest BCUT2D eigenvalue weighted by atomic mass is 14.8. The molecule has 0 saturated carbocycles. The number of rotatable bonds is 4. The monoisotopic (exact) mass is 146 g/mol. The predicted molar refractivity (Wildman–Crippen MR) is 48.2 cm³/mol. The van der Waals surface area contributed by atoms with Gasteiger partial charge in [-0.2, -0.15) is 0 Å². The topological polar surface area (TPSA) is 38.0 Å². The molecule has 0 aliphatic rings. The molecule has 0 fully saturated rings. The van der Waals surface area contributed by atoms with Crippen LogP contribution in [0.15, 0.2) is 0 Å². The quantitative estimate of drug-likeness (QED) is 0.588. The molecular formula is C8H22N2. The molecule has 0 aromatic carbocycles. The van der Waals surface area contributed by atoms with Crippen molar-refractivity contribution in [2.45, 2.75) is 39.7 Å². The van der Waals surface area contributed by atoms with Crippen molar-refractivity contribution in [3.8, 4) is 0 Å². The summed E-state index contributed by atoms with van der Waals surface area (Å²) < 4.78 is 0. The zero-order valence-electron chi connectivity index (χ0n) is 7.78. The van der Waals surface area contributed by atoms with Gasteiger partial charge in [-0.25, -0.2) is 0 Å². The third kappa shape index (κ3) is 15.7. The van der Waals surface area contributed by atoms with E-state index in [4.69, 9.17) is 5.73 Å². The predicted octanol–water partition coefficient (Wildman–Crippen LogP) is 1.36. The molecule has 2 heteroatoms. The lowest BCUT2D eigenvalue weighted by molar-refractivity contribution is 0.601. The van der Waals surface area contributed by atoms with E-state index in [0.717, 1.165) is 13.0 Å². The second-order valence-corrected chi connectivity index (χ2v) is 2.22. The van der Waals surface area contributed by atoms with Gasteiger partial charge >= 0.3 is 0 Å². The zero-order valence-corrected chi connectivity index (χ0v) is 7.78. The van der Waals surface area contributed by atoms with Gasteiger partial charge in [0.1, 0.15) is 0 Å². The van der Waals surface area contributed by atoms with Crippen molar-refractivity contribution in [2.24, 2.45) is 5.73 Å². The van der Waals surface area contributed by atoms with Gasteiger partial charge in [0.15, 0.2) is 0 Å². The molecule has 0 rings (SSSR count). The smallest absolute Gasteiger partial charge is 0.00109 e. The van der Waals surface area contributed by atoms with Crippen molar-refractivity contribution in [3.63, 3.8) is 0 Å². The number of hydrogen-bond donors (Lipinski definition) is 2. The molecule has 0 bridgehead atoms. The van der Waals surface area contributed by atoms with Gasteiger partial charge in [0.25, 0.3) is 0 Å². The summed E-state index contributed by atoms with van der Waals surface area (Å²) in [5.74, 6) is 0. The molecule has 0 aromatic rings. The van der Waals surface area contributed by atoms with Crippen LogP contribution in [-0.4, -0.2) is 19.6 Å². The summed E-state index contributed by atoms with van der Waals surface area (Å²) in [7, 11) is 1.96. The van der Waals surface area contributed by atoms with Crippen LogP contribution in [0.3, 0.4) is 0 Å². The number of nitrogens with one attached hydrogen (secondary N) is 1. The largest absolute Gasteiger partial charge is 0.328 e. The summed E-state index contributed by atoms with van der Waals surface area (Å²) in [6.45, 7) is 7.12. The number of hydrogen-bond acceptors (Lipinski definition) is 2. The standard InChI is InChI=1S/C6H16N2.C2H6/c1-6(7)4-3-5-8-2;1-2/h6,8H,3-5,7H2,1-2H3;1-2H3. The lowest BCUT2D eigenvalue weighted by Gasteiger charge is -2.02. The van der Waals surface area contributed by atoms with Crippen molar-refractivity contribution in [1.29, 1.82) is 0 Å². The Labute approximate surface area is 65.2 Å². The fraction of sp³-hybridized carbons (Fsp3) is 1.00. The first-order chi connectivity index (χ1) is 4.77. The average molecular weight is 146 g/mol. The molecular weight excluding hydrogens is 124 g/mol. The van der Waals surface area contributed by atoms with Crippen molar-refractivity contribution < 1.29 is 0 Å². The summed E-state index contributed by atoms with van der Waals surface area (Å²) in [4.78, 5) is 0. The molecule has 64 valence electrons. The van der Waals surface area contributed by atoms with Gasteiger partial charge in [-0.15, -0.1) is 0 Å². The zero-order chi connectivity index (χ0) is 8.41. The molecule has 0 aliphatic heterocycles. The van der Waals surface area contributed by atoms with Gasteiger partial charge < -0.3 is 11.1 Å². The highest BCUT2D eigenvalue weighted by molar-refractivity contribution is 4.52. The Bertz CT molecular complexity index is 44.5. The molecule has 0 aromatic heterocycles. The van der Waals surface area contributed by atoms with Crippen LogP contribution in [0.1, 0.15) is 33.6 Å². The Morgan fingerprint density at radius 3 is 2.20 bits per heavy atom. The Morgan fingerprint density at radius 1 is 1.40 bits per heavy atom. The van der Waals surface area contributed by atoms with E-state index in [0.29, 0.717) is 6.04 Å². The molecule has 2 nitrogen and oxygen atoms in total. The fourth-order valence-corrected chi connectivity index (χ4v) is 0.601. The summed E-state index contributed by atoms with van der Waals surface area (Å²) in [6.07, 6.45) is 2.31. The van der Waals surface area contributed by atoms with Crippen LogP contribution in [0.2, 0.25) is 0 Å². The molecule has 1 unspecified atom stereocenters. The summed E-state index contributed by atoms with van der Waals surface area (Å²) in [5, 5.41) is 3.07. The average Bonchev–Trinajstić information content (AvgIpc) is 1.92. The highest BCUT2D eigenvalue weighted by Crippen LogP contribution is 1.89. The van der Waals surface area contributed by atoms with Gasteiger partial charge in [0, 0.05) is 6.04 Å². The van der Waals surface area contributed by atoms with Crippen LogP contribution in [0.25, 0.3) is 0 Å². The van der Waals surface area contributed by atoms with E-state index in [1.165, 1.54) is 6.42 Å². The van der Waals surface area contributed by atoms with E-state index in [1.807, 2.05) is 27.8 Å². The highest BCUT2D eigenvalue weighted by Gasteiger charge is 1.90. The van der Waals surface area contributed by atoms with E-state index in [-0.39, 0.29) is 0 Å². The SMILES string of the molecule is CC.CNCCCC(C)N. The molecule has 0 amide bonds. The maximum Gasteiger partial charge on any atom is 0.00109 e. The minimum absolute atomic E-state index is 0.364. The minimum Gasteiger partial charge on any atom is -0.328 e. The lowest BCUT2D eigenvalue weighted by Crippen LogP contribution is -2.17. The maximum absolute atomic E-state index is 5.51. The molecule has 3 N–H and O–H groups in total. The Hall–Kier alpha value is -0.0800. The fourth-order valence-electron chi connectivity index (χ4n) is 0.601. The third-order valence-corrected chi connectivity index (χ3v) is 1.09. The summed E-state index contributed by atoms with van der Waals surface area (Å²) in [6, 6.07) is 0.364. The molecule has 0 radical (unpaired) electrons.